The number of carbonyl (C=O) groups is 2. The zero-order chi connectivity index (χ0) is 28.7. The normalized spacial score (nSPS) is 11.3. The number of methoxy groups -OCH3 is 1. The van der Waals surface area contributed by atoms with E-state index in [0.29, 0.717) is 42.3 Å². The number of hydrogen-bond donors (Lipinski definition) is 1. The monoisotopic (exact) mass is 542 g/mol. The first-order valence-corrected chi connectivity index (χ1v) is 13.3. The van der Waals surface area contributed by atoms with E-state index in [1.54, 1.807) is 42.1 Å². The zero-order valence-electron chi connectivity index (χ0n) is 23.4. The highest BCUT2D eigenvalue weighted by Gasteiger charge is 2.22. The van der Waals surface area contributed by atoms with E-state index in [9.17, 15) is 14.0 Å². The number of hydrogen-bond acceptors (Lipinski definition) is 4. The van der Waals surface area contributed by atoms with Crippen molar-refractivity contribution in [2.24, 2.45) is 0 Å². The van der Waals surface area contributed by atoms with Crippen LogP contribution >= 0.6 is 0 Å². The molecule has 0 unspecified atom stereocenters. The lowest BCUT2D eigenvalue weighted by molar-refractivity contribution is -0.117. The summed E-state index contributed by atoms with van der Waals surface area (Å²) >= 11 is 0. The predicted molar refractivity (Wildman–Crippen MR) is 155 cm³/mol. The zero-order valence-corrected chi connectivity index (χ0v) is 23.4. The minimum absolute atomic E-state index is 0.0360. The van der Waals surface area contributed by atoms with Gasteiger partial charge in [-0.15, -0.1) is 0 Å². The molecule has 0 aliphatic rings. The van der Waals surface area contributed by atoms with E-state index in [2.05, 4.69) is 31.2 Å². The van der Waals surface area contributed by atoms with Gasteiger partial charge in [0.1, 0.15) is 18.2 Å². The Morgan fingerprint density at radius 2 is 1.65 bits per heavy atom. The molecule has 40 heavy (non-hydrogen) atoms. The van der Waals surface area contributed by atoms with Crippen molar-refractivity contribution >= 4 is 17.6 Å². The van der Waals surface area contributed by atoms with Crippen molar-refractivity contribution in [3.8, 4) is 16.9 Å². The maximum atomic E-state index is 13.6. The Labute approximate surface area is 234 Å². The van der Waals surface area contributed by atoms with Crippen molar-refractivity contribution in [3.05, 3.63) is 102 Å². The van der Waals surface area contributed by atoms with Crippen LogP contribution in [0, 0.1) is 5.82 Å². The number of nitrogens with zero attached hydrogens (tertiary/aromatic N) is 3. The van der Waals surface area contributed by atoms with Gasteiger partial charge in [-0.1, -0.05) is 63.2 Å². The number of carbonyl (C=O) groups excluding carboxylic acids is 2. The van der Waals surface area contributed by atoms with Crippen molar-refractivity contribution in [2.45, 2.75) is 32.6 Å². The molecule has 0 aliphatic heterocycles. The molecule has 0 atom stereocenters. The van der Waals surface area contributed by atoms with Crippen LogP contribution < -0.4 is 5.32 Å². The molecule has 3 aromatic carbocycles. The first kappa shape index (κ1) is 28.7. The lowest BCUT2D eigenvalue weighted by atomic mass is 9.86. The van der Waals surface area contributed by atoms with Gasteiger partial charge in [0.2, 0.25) is 5.91 Å². The first-order valence-electron chi connectivity index (χ1n) is 13.3. The fourth-order valence-electron chi connectivity index (χ4n) is 4.30. The summed E-state index contributed by atoms with van der Waals surface area (Å²) in [7, 11) is 1.60. The summed E-state index contributed by atoms with van der Waals surface area (Å²) in [5.41, 5.74) is 3.70. The third kappa shape index (κ3) is 7.21. The molecule has 0 saturated heterocycles. The Balaban J connectivity index is 1.58. The highest BCUT2D eigenvalue weighted by molar-refractivity contribution is 5.99. The van der Waals surface area contributed by atoms with E-state index in [1.807, 2.05) is 42.5 Å². The van der Waals surface area contributed by atoms with E-state index in [-0.39, 0.29) is 29.6 Å². The summed E-state index contributed by atoms with van der Waals surface area (Å²) in [6.07, 6.45) is 0.585. The summed E-state index contributed by atoms with van der Waals surface area (Å²) in [6.45, 7) is 7.01. The van der Waals surface area contributed by atoms with Crippen LogP contribution in [0.5, 0.6) is 0 Å². The topological polar surface area (TPSA) is 76.5 Å². The molecule has 0 saturated carbocycles. The maximum Gasteiger partial charge on any atom is 0.254 e. The van der Waals surface area contributed by atoms with Crippen LogP contribution in [0.1, 0.15) is 43.1 Å². The number of rotatable bonds is 10. The van der Waals surface area contributed by atoms with E-state index in [4.69, 9.17) is 4.74 Å². The lowest BCUT2D eigenvalue weighted by Gasteiger charge is -2.23. The third-order valence-electron chi connectivity index (χ3n) is 6.51. The number of anilines is 1. The second-order valence-corrected chi connectivity index (χ2v) is 10.6. The highest BCUT2D eigenvalue weighted by atomic mass is 19.1. The van der Waals surface area contributed by atoms with Gasteiger partial charge in [0.15, 0.2) is 0 Å². The number of halogens is 1. The van der Waals surface area contributed by atoms with Gasteiger partial charge >= 0.3 is 0 Å². The van der Waals surface area contributed by atoms with Gasteiger partial charge in [-0.05, 0) is 53.8 Å². The van der Waals surface area contributed by atoms with Crippen LogP contribution in [-0.4, -0.2) is 53.3 Å². The fourth-order valence-corrected chi connectivity index (χ4v) is 4.30. The molecule has 0 bridgehead atoms. The molecule has 1 aromatic heterocycles. The van der Waals surface area contributed by atoms with Gasteiger partial charge in [-0.2, -0.15) is 5.10 Å². The average Bonchev–Trinajstić information content (AvgIpc) is 3.36. The summed E-state index contributed by atoms with van der Waals surface area (Å²) < 4.78 is 20.3. The van der Waals surface area contributed by atoms with Crippen LogP contribution in [0.4, 0.5) is 10.2 Å². The molecule has 1 N–H and O–H groups in total. The van der Waals surface area contributed by atoms with Gasteiger partial charge in [-0.3, -0.25) is 9.59 Å². The summed E-state index contributed by atoms with van der Waals surface area (Å²) in [5, 5.41) is 7.58. The standard InChI is InChI=1S/C32H35FN4O3/c1-32(2,3)25-13-11-24(12-14-25)31(39)36(19-8-20-40-4)22-30(38)34-29-21-28(23-9-6-5-7-10-23)35-37(29)27-17-15-26(33)16-18-27/h5-7,9-18,21H,8,19-20,22H2,1-4H3,(H,34,38). The second-order valence-electron chi connectivity index (χ2n) is 10.6. The SMILES string of the molecule is COCCCN(CC(=O)Nc1cc(-c2ccccc2)nn1-c1ccc(F)cc1)C(=O)c1ccc(C(C)(C)C)cc1. The van der Waals surface area contributed by atoms with Gasteiger partial charge in [0.05, 0.1) is 11.4 Å². The Morgan fingerprint density at radius 1 is 0.975 bits per heavy atom. The largest absolute Gasteiger partial charge is 0.385 e. The Hall–Kier alpha value is -4.30. The molecule has 0 spiro atoms. The minimum atomic E-state index is -0.375. The summed E-state index contributed by atoms with van der Waals surface area (Å²) in [6, 6.07) is 24.7. The van der Waals surface area contributed by atoms with Crippen LogP contribution in [0.15, 0.2) is 84.9 Å². The molecular weight excluding hydrogens is 507 g/mol. The van der Waals surface area contributed by atoms with Crippen molar-refractivity contribution in [1.29, 1.82) is 0 Å². The van der Waals surface area contributed by atoms with Gasteiger partial charge in [-0.25, -0.2) is 9.07 Å². The molecule has 8 heteroatoms. The van der Waals surface area contributed by atoms with Crippen LogP contribution in [-0.2, 0) is 14.9 Å². The number of ether oxygens (including phenoxy) is 1. The molecule has 2 amide bonds. The highest BCUT2D eigenvalue weighted by Crippen LogP contribution is 2.25. The number of aromatic nitrogens is 2. The lowest BCUT2D eigenvalue weighted by Crippen LogP contribution is -2.39. The average molecular weight is 543 g/mol. The Bertz CT molecular complexity index is 1430. The minimum Gasteiger partial charge on any atom is -0.385 e. The van der Waals surface area contributed by atoms with Gasteiger partial charge in [0.25, 0.3) is 5.91 Å². The van der Waals surface area contributed by atoms with Crippen LogP contribution in [0.2, 0.25) is 0 Å². The number of nitrogens with one attached hydrogen (secondary N) is 1. The number of amides is 2. The summed E-state index contributed by atoms with van der Waals surface area (Å²) in [4.78, 5) is 28.3. The van der Waals surface area contributed by atoms with E-state index in [1.165, 1.54) is 17.0 Å². The molecule has 1 heterocycles. The predicted octanol–water partition coefficient (Wildman–Crippen LogP) is 6.09. The summed E-state index contributed by atoms with van der Waals surface area (Å²) in [5.74, 6) is -0.566. The number of benzene rings is 3. The smallest absolute Gasteiger partial charge is 0.254 e. The van der Waals surface area contributed by atoms with E-state index in [0.717, 1.165) is 11.1 Å². The Kier molecular flexibility index (Phi) is 9.11. The van der Waals surface area contributed by atoms with Crippen molar-refractivity contribution < 1.29 is 18.7 Å². The third-order valence-corrected chi connectivity index (χ3v) is 6.51. The Morgan fingerprint density at radius 3 is 2.27 bits per heavy atom. The van der Waals surface area contributed by atoms with Crippen molar-refractivity contribution in [1.82, 2.24) is 14.7 Å². The van der Waals surface area contributed by atoms with E-state index >= 15 is 0 Å². The molecular formula is C32H35FN4O3. The molecule has 7 nitrogen and oxygen atoms in total. The molecule has 4 aromatic rings. The molecule has 0 aliphatic carbocycles. The quantitative estimate of drug-likeness (QED) is 0.246. The van der Waals surface area contributed by atoms with Gasteiger partial charge < -0.3 is 15.0 Å². The van der Waals surface area contributed by atoms with Crippen LogP contribution in [0.25, 0.3) is 16.9 Å². The molecule has 0 radical (unpaired) electrons. The van der Waals surface area contributed by atoms with Crippen molar-refractivity contribution in [3.63, 3.8) is 0 Å². The van der Waals surface area contributed by atoms with Crippen molar-refractivity contribution in [2.75, 3.05) is 32.1 Å². The van der Waals surface area contributed by atoms with E-state index < -0.39 is 0 Å². The molecule has 4 rings (SSSR count). The van der Waals surface area contributed by atoms with Crippen LogP contribution in [0.3, 0.4) is 0 Å². The fraction of sp³-hybridized carbons (Fsp3) is 0.281. The van der Waals surface area contributed by atoms with Gasteiger partial charge in [0, 0.05) is 37.5 Å². The first-order chi connectivity index (χ1) is 19.2. The molecule has 0 fully saturated rings. The second kappa shape index (κ2) is 12.7. The molecule has 208 valence electrons. The maximum absolute atomic E-state index is 13.6.